The Kier molecular flexibility index (Phi) is 3.77. The largest absolute Gasteiger partial charge is 0.468 e. The van der Waals surface area contributed by atoms with E-state index in [0.717, 1.165) is 18.0 Å². The number of aryl methyl sites for hydroxylation is 1. The maximum absolute atomic E-state index is 12.4. The molecule has 110 valence electrons. The van der Waals surface area contributed by atoms with Crippen LogP contribution in [0.2, 0.25) is 0 Å². The summed E-state index contributed by atoms with van der Waals surface area (Å²) >= 11 is 1.63. The van der Waals surface area contributed by atoms with E-state index in [4.69, 9.17) is 4.74 Å². The molecule has 0 saturated heterocycles. The summed E-state index contributed by atoms with van der Waals surface area (Å²) in [5, 5.41) is 4.51. The van der Waals surface area contributed by atoms with Crippen molar-refractivity contribution in [3.05, 3.63) is 12.4 Å². The Morgan fingerprint density at radius 1 is 1.55 bits per heavy atom. The number of nitrogens with zero attached hydrogens (tertiary/aromatic N) is 2. The van der Waals surface area contributed by atoms with Gasteiger partial charge >= 0.3 is 5.97 Å². The molecule has 0 amide bonds. The summed E-state index contributed by atoms with van der Waals surface area (Å²) in [6.45, 7) is 0. The van der Waals surface area contributed by atoms with Crippen molar-refractivity contribution >= 4 is 17.7 Å². The van der Waals surface area contributed by atoms with Gasteiger partial charge < -0.3 is 9.30 Å². The number of thioether (sulfide) groups is 1. The van der Waals surface area contributed by atoms with Crippen LogP contribution in [0.25, 0.3) is 0 Å². The maximum atomic E-state index is 12.4. The molecule has 1 heterocycles. The van der Waals surface area contributed by atoms with Gasteiger partial charge in [-0.3, -0.25) is 10.1 Å². The van der Waals surface area contributed by atoms with Crippen molar-refractivity contribution in [2.45, 2.75) is 42.4 Å². The van der Waals surface area contributed by atoms with Gasteiger partial charge in [-0.2, -0.15) is 0 Å². The van der Waals surface area contributed by atoms with Crippen LogP contribution in [0.5, 0.6) is 0 Å². The SMILES string of the molecule is COC(=O)C(CSc1nccn1C)(NC1CC1)C1CC1. The van der Waals surface area contributed by atoms with E-state index >= 15 is 0 Å². The molecule has 2 aliphatic carbocycles. The highest BCUT2D eigenvalue weighted by atomic mass is 32.2. The van der Waals surface area contributed by atoms with Crippen LogP contribution in [0.3, 0.4) is 0 Å². The van der Waals surface area contributed by atoms with Crippen LogP contribution in [-0.4, -0.2) is 40.0 Å². The van der Waals surface area contributed by atoms with E-state index in [9.17, 15) is 4.79 Å². The van der Waals surface area contributed by atoms with Gasteiger partial charge in [-0.15, -0.1) is 0 Å². The Morgan fingerprint density at radius 2 is 2.30 bits per heavy atom. The molecule has 2 aliphatic rings. The Balaban J connectivity index is 1.76. The zero-order valence-electron chi connectivity index (χ0n) is 12.0. The third-order valence-corrected chi connectivity index (χ3v) is 5.32. The van der Waals surface area contributed by atoms with Crippen LogP contribution in [0, 0.1) is 5.92 Å². The summed E-state index contributed by atoms with van der Waals surface area (Å²) in [7, 11) is 3.46. The molecule has 0 spiro atoms. The van der Waals surface area contributed by atoms with Crippen LogP contribution in [0.15, 0.2) is 17.6 Å². The van der Waals surface area contributed by atoms with Gasteiger partial charge in [0.25, 0.3) is 0 Å². The molecule has 1 atom stereocenters. The van der Waals surface area contributed by atoms with Gasteiger partial charge in [-0.25, -0.2) is 4.98 Å². The molecule has 0 aromatic carbocycles. The predicted molar refractivity (Wildman–Crippen MR) is 77.6 cm³/mol. The van der Waals surface area contributed by atoms with Crippen molar-refractivity contribution in [3.8, 4) is 0 Å². The zero-order chi connectivity index (χ0) is 14.2. The first-order valence-corrected chi connectivity index (χ1v) is 8.10. The van der Waals surface area contributed by atoms with Gasteiger partial charge in [0.1, 0.15) is 5.54 Å². The summed E-state index contributed by atoms with van der Waals surface area (Å²) in [5.74, 6) is 0.975. The number of ether oxygens (including phenoxy) is 1. The van der Waals surface area contributed by atoms with Crippen LogP contribution >= 0.6 is 11.8 Å². The Hall–Kier alpha value is -1.01. The van der Waals surface area contributed by atoms with Gasteiger partial charge in [0, 0.05) is 31.2 Å². The molecule has 5 nitrogen and oxygen atoms in total. The zero-order valence-corrected chi connectivity index (χ0v) is 12.8. The quantitative estimate of drug-likeness (QED) is 0.611. The number of esters is 1. The monoisotopic (exact) mass is 295 g/mol. The fourth-order valence-corrected chi connectivity index (χ4v) is 3.78. The third-order valence-electron chi connectivity index (χ3n) is 4.07. The smallest absolute Gasteiger partial charge is 0.327 e. The van der Waals surface area contributed by atoms with Crippen LogP contribution in [-0.2, 0) is 16.6 Å². The van der Waals surface area contributed by atoms with Crippen molar-refractivity contribution < 1.29 is 9.53 Å². The third kappa shape index (κ3) is 2.72. The van der Waals surface area contributed by atoms with Gasteiger partial charge in [-0.1, -0.05) is 11.8 Å². The molecular formula is C14H21N3O2S. The summed E-state index contributed by atoms with van der Waals surface area (Å²) in [5.41, 5.74) is -0.535. The van der Waals surface area contributed by atoms with Crippen LogP contribution in [0.1, 0.15) is 25.7 Å². The standard InChI is InChI=1S/C14H21N3O2S/c1-17-8-7-15-13(17)20-9-14(10-3-4-10,12(18)19-2)16-11-5-6-11/h7-8,10-11,16H,3-6,9H2,1-2H3. The Morgan fingerprint density at radius 3 is 2.80 bits per heavy atom. The number of aromatic nitrogens is 2. The number of nitrogens with one attached hydrogen (secondary N) is 1. The molecule has 3 rings (SSSR count). The Labute approximate surface area is 123 Å². The average molecular weight is 295 g/mol. The van der Waals surface area contributed by atoms with Crippen molar-refractivity contribution in [3.63, 3.8) is 0 Å². The minimum Gasteiger partial charge on any atom is -0.468 e. The number of carbonyl (C=O) groups is 1. The second-order valence-electron chi connectivity index (χ2n) is 5.77. The van der Waals surface area contributed by atoms with Crippen molar-refractivity contribution in [2.24, 2.45) is 13.0 Å². The van der Waals surface area contributed by atoms with Gasteiger partial charge in [0.05, 0.1) is 7.11 Å². The second kappa shape index (κ2) is 5.41. The molecule has 0 aliphatic heterocycles. The van der Waals surface area contributed by atoms with Gasteiger partial charge in [-0.05, 0) is 31.6 Å². The van der Waals surface area contributed by atoms with E-state index in [2.05, 4.69) is 10.3 Å². The first-order chi connectivity index (χ1) is 9.65. The summed E-state index contributed by atoms with van der Waals surface area (Å²) in [6, 6.07) is 0.483. The molecule has 6 heteroatoms. The number of hydrogen-bond acceptors (Lipinski definition) is 5. The van der Waals surface area contributed by atoms with E-state index < -0.39 is 5.54 Å². The lowest BCUT2D eigenvalue weighted by Crippen LogP contribution is -2.57. The second-order valence-corrected chi connectivity index (χ2v) is 6.71. The number of hydrogen-bond donors (Lipinski definition) is 1. The lowest BCUT2D eigenvalue weighted by molar-refractivity contribution is -0.148. The highest BCUT2D eigenvalue weighted by molar-refractivity contribution is 7.99. The number of imidazole rings is 1. The molecule has 0 radical (unpaired) electrons. The fourth-order valence-electron chi connectivity index (χ4n) is 2.58. The average Bonchev–Trinajstić information content (AvgIpc) is 3.34. The molecule has 1 N–H and O–H groups in total. The van der Waals surface area contributed by atoms with Crippen molar-refractivity contribution in [1.82, 2.24) is 14.9 Å². The lowest BCUT2D eigenvalue weighted by atomic mass is 9.95. The minimum absolute atomic E-state index is 0.117. The highest BCUT2D eigenvalue weighted by Crippen LogP contribution is 2.44. The van der Waals surface area contributed by atoms with E-state index in [0.29, 0.717) is 17.7 Å². The van der Waals surface area contributed by atoms with Crippen LogP contribution < -0.4 is 5.32 Å². The lowest BCUT2D eigenvalue weighted by Gasteiger charge is -2.32. The van der Waals surface area contributed by atoms with E-state index in [1.165, 1.54) is 20.0 Å². The van der Waals surface area contributed by atoms with Crippen molar-refractivity contribution in [2.75, 3.05) is 12.9 Å². The van der Waals surface area contributed by atoms with Crippen LogP contribution in [0.4, 0.5) is 0 Å². The van der Waals surface area contributed by atoms with E-state index in [1.54, 1.807) is 18.0 Å². The predicted octanol–water partition coefficient (Wildman–Crippen LogP) is 1.59. The molecular weight excluding hydrogens is 274 g/mol. The maximum Gasteiger partial charge on any atom is 0.327 e. The molecule has 1 aromatic rings. The Bertz CT molecular complexity index is 496. The van der Waals surface area contributed by atoms with Gasteiger partial charge in [0.15, 0.2) is 5.16 Å². The fraction of sp³-hybridized carbons (Fsp3) is 0.714. The van der Waals surface area contributed by atoms with E-state index in [-0.39, 0.29) is 5.97 Å². The van der Waals surface area contributed by atoms with E-state index in [1.807, 2.05) is 17.8 Å². The van der Waals surface area contributed by atoms with Crippen molar-refractivity contribution in [1.29, 1.82) is 0 Å². The molecule has 1 aromatic heterocycles. The molecule has 2 saturated carbocycles. The molecule has 0 bridgehead atoms. The van der Waals surface area contributed by atoms with Gasteiger partial charge in [0.2, 0.25) is 0 Å². The first kappa shape index (κ1) is 13.9. The summed E-state index contributed by atoms with van der Waals surface area (Å²) < 4.78 is 7.09. The molecule has 2 fully saturated rings. The summed E-state index contributed by atoms with van der Waals surface area (Å²) in [6.07, 6.45) is 8.25. The number of carbonyl (C=O) groups excluding carboxylic acids is 1. The minimum atomic E-state index is -0.535. The first-order valence-electron chi connectivity index (χ1n) is 7.12. The topological polar surface area (TPSA) is 56.1 Å². The highest BCUT2D eigenvalue weighted by Gasteiger charge is 2.53. The molecule has 1 unspecified atom stereocenters. The number of rotatable bonds is 7. The normalized spacial score (nSPS) is 21.5. The molecule has 20 heavy (non-hydrogen) atoms. The summed E-state index contributed by atoms with van der Waals surface area (Å²) in [4.78, 5) is 16.7. The number of methoxy groups -OCH3 is 1.